The van der Waals surface area contributed by atoms with Crippen LogP contribution in [0, 0.1) is 0 Å². The van der Waals surface area contributed by atoms with E-state index in [1.165, 1.54) is 18.4 Å². The fourth-order valence-corrected chi connectivity index (χ4v) is 4.53. The van der Waals surface area contributed by atoms with Gasteiger partial charge in [-0.05, 0) is 42.7 Å². The quantitative estimate of drug-likeness (QED) is 0.447. The number of thioether (sulfide) groups is 1. The molecule has 0 aliphatic rings. The van der Waals surface area contributed by atoms with Crippen molar-refractivity contribution in [1.82, 2.24) is 9.88 Å². The van der Waals surface area contributed by atoms with E-state index in [9.17, 15) is 14.3 Å². The molecule has 0 spiro atoms. The Morgan fingerprint density at radius 2 is 1.97 bits per heavy atom. The van der Waals surface area contributed by atoms with E-state index in [1.54, 1.807) is 11.1 Å². The molecular weight excluding hydrogens is 409 g/mol. The molecule has 2 aromatic rings. The topological polar surface area (TPSA) is 106 Å². The van der Waals surface area contributed by atoms with Crippen molar-refractivity contribution in [3.8, 4) is 0 Å². The van der Waals surface area contributed by atoms with Crippen LogP contribution in [-0.4, -0.2) is 39.6 Å². The second kappa shape index (κ2) is 10.8. The van der Waals surface area contributed by atoms with E-state index in [4.69, 9.17) is 10.5 Å². The van der Waals surface area contributed by atoms with Gasteiger partial charge in [-0.1, -0.05) is 36.0 Å². The number of rotatable bonds is 9. The van der Waals surface area contributed by atoms with E-state index in [1.807, 2.05) is 50.2 Å². The van der Waals surface area contributed by atoms with Crippen molar-refractivity contribution >= 4 is 25.2 Å². The molecular formula is C20H28N3O4PS. The van der Waals surface area contributed by atoms with Crippen molar-refractivity contribution in [2.75, 3.05) is 18.7 Å². The molecule has 2 rings (SSSR count). The third-order valence-corrected chi connectivity index (χ3v) is 7.31. The molecule has 0 saturated heterocycles. The number of pyridine rings is 1. The van der Waals surface area contributed by atoms with Crippen molar-refractivity contribution in [2.24, 2.45) is 5.73 Å². The largest absolute Gasteiger partial charge is 0.445 e. The first-order valence-corrected chi connectivity index (χ1v) is 12.6. The molecule has 0 saturated carbocycles. The number of hydrogen-bond acceptors (Lipinski definition) is 6. The molecule has 0 radical (unpaired) electrons. The highest BCUT2D eigenvalue weighted by molar-refractivity contribution is 8.04. The van der Waals surface area contributed by atoms with Crippen LogP contribution in [0.5, 0.6) is 0 Å². The summed E-state index contributed by atoms with van der Waals surface area (Å²) in [5.74, 6) is 0. The second-order valence-electron chi connectivity index (χ2n) is 6.79. The SMILES string of the molecule is CCN(C(=O)OCc1ccc(CN)cc1)[C@H](C)c1ccnc(SCP(C)(=O)O)c1. The highest BCUT2D eigenvalue weighted by atomic mass is 32.2. The molecule has 1 unspecified atom stereocenters. The Labute approximate surface area is 176 Å². The second-order valence-corrected chi connectivity index (χ2v) is 10.6. The lowest BCUT2D eigenvalue weighted by Crippen LogP contribution is -2.33. The fourth-order valence-electron chi connectivity index (χ4n) is 2.69. The lowest BCUT2D eigenvalue weighted by molar-refractivity contribution is 0.0852. The van der Waals surface area contributed by atoms with Gasteiger partial charge >= 0.3 is 6.09 Å². The summed E-state index contributed by atoms with van der Waals surface area (Å²) in [7, 11) is -3.12. The minimum Gasteiger partial charge on any atom is -0.445 e. The lowest BCUT2D eigenvalue weighted by atomic mass is 10.1. The van der Waals surface area contributed by atoms with Gasteiger partial charge in [-0.3, -0.25) is 4.57 Å². The highest BCUT2D eigenvalue weighted by Gasteiger charge is 2.22. The van der Waals surface area contributed by atoms with Crippen molar-refractivity contribution in [3.05, 3.63) is 59.3 Å². The Morgan fingerprint density at radius 3 is 2.55 bits per heavy atom. The summed E-state index contributed by atoms with van der Waals surface area (Å²) in [5.41, 5.74) is 8.50. The Bertz CT molecular complexity index is 857. The Balaban J connectivity index is 2.01. The predicted molar refractivity (Wildman–Crippen MR) is 116 cm³/mol. The molecule has 29 heavy (non-hydrogen) atoms. The summed E-state index contributed by atoms with van der Waals surface area (Å²) in [4.78, 5) is 28.0. The molecule has 158 valence electrons. The number of nitrogens with zero attached hydrogens (tertiary/aromatic N) is 2. The Hall–Kier alpha value is -1.86. The molecule has 3 N–H and O–H groups in total. The molecule has 0 fully saturated rings. The normalized spacial score (nSPS) is 14.1. The van der Waals surface area contributed by atoms with Crippen LogP contribution in [-0.2, 0) is 22.5 Å². The van der Waals surface area contributed by atoms with Crippen molar-refractivity contribution in [2.45, 2.75) is 38.1 Å². The van der Waals surface area contributed by atoms with Gasteiger partial charge in [0.25, 0.3) is 0 Å². The van der Waals surface area contributed by atoms with Crippen LogP contribution in [0.4, 0.5) is 4.79 Å². The molecule has 2 atom stereocenters. The number of aromatic nitrogens is 1. The van der Waals surface area contributed by atoms with Gasteiger partial charge in [-0.2, -0.15) is 0 Å². The Kier molecular flexibility index (Phi) is 8.71. The number of amides is 1. The number of nitrogens with two attached hydrogens (primary N) is 1. The van der Waals surface area contributed by atoms with Gasteiger partial charge < -0.3 is 20.3 Å². The van der Waals surface area contributed by atoms with Crippen molar-refractivity contribution in [1.29, 1.82) is 0 Å². The van der Waals surface area contributed by atoms with E-state index < -0.39 is 13.5 Å². The number of benzene rings is 1. The number of ether oxygens (including phenoxy) is 1. The van der Waals surface area contributed by atoms with Gasteiger partial charge in [0.2, 0.25) is 7.37 Å². The summed E-state index contributed by atoms with van der Waals surface area (Å²) in [5, 5.41) is 0.648. The van der Waals surface area contributed by atoms with E-state index >= 15 is 0 Å². The maximum atomic E-state index is 12.6. The lowest BCUT2D eigenvalue weighted by Gasteiger charge is -2.27. The van der Waals surface area contributed by atoms with Crippen LogP contribution in [0.1, 0.15) is 36.6 Å². The van der Waals surface area contributed by atoms with Gasteiger partial charge in [-0.25, -0.2) is 9.78 Å². The van der Waals surface area contributed by atoms with Gasteiger partial charge in [0.05, 0.1) is 16.6 Å². The molecule has 0 aliphatic carbocycles. The van der Waals surface area contributed by atoms with E-state index in [2.05, 4.69) is 4.98 Å². The first-order valence-electron chi connectivity index (χ1n) is 9.32. The van der Waals surface area contributed by atoms with E-state index in [0.717, 1.165) is 16.7 Å². The van der Waals surface area contributed by atoms with Crippen LogP contribution < -0.4 is 5.73 Å². The zero-order valence-electron chi connectivity index (χ0n) is 16.9. The molecule has 1 aromatic carbocycles. The maximum Gasteiger partial charge on any atom is 0.410 e. The van der Waals surface area contributed by atoms with Crippen LogP contribution in [0.25, 0.3) is 0 Å². The standard InChI is InChI=1S/C20H28N3O4PS/c1-4-23(20(24)27-13-17-7-5-16(12-21)6-8-17)15(2)18-9-10-22-19(11-18)29-14-28(3,25)26/h5-11,15H,4,12-14,21H2,1-3H3,(H,25,26)/t15-/m1/s1. The molecule has 7 nitrogen and oxygen atoms in total. The van der Waals surface area contributed by atoms with Gasteiger partial charge in [-0.15, -0.1) is 0 Å². The van der Waals surface area contributed by atoms with Crippen LogP contribution in [0.15, 0.2) is 47.6 Å². The molecule has 0 bridgehead atoms. The molecule has 1 amide bonds. The molecule has 9 heteroatoms. The third-order valence-electron chi connectivity index (χ3n) is 4.36. The average molecular weight is 438 g/mol. The van der Waals surface area contributed by atoms with Gasteiger partial charge in [0.15, 0.2) is 0 Å². The van der Waals surface area contributed by atoms with Crippen molar-refractivity contribution in [3.63, 3.8) is 0 Å². The summed E-state index contributed by atoms with van der Waals surface area (Å²) < 4.78 is 17.0. The first kappa shape index (κ1) is 23.4. The smallest absolute Gasteiger partial charge is 0.410 e. The van der Waals surface area contributed by atoms with Crippen molar-refractivity contribution < 1.29 is 19.0 Å². The van der Waals surface area contributed by atoms with E-state index in [-0.39, 0.29) is 18.1 Å². The number of carbonyl (C=O) groups excluding carboxylic acids is 1. The number of carbonyl (C=O) groups is 1. The average Bonchev–Trinajstić information content (AvgIpc) is 2.71. The summed E-state index contributed by atoms with van der Waals surface area (Å²) in [6.07, 6.45) is 1.24. The Morgan fingerprint density at radius 1 is 1.31 bits per heavy atom. The number of hydrogen-bond donors (Lipinski definition) is 2. The highest BCUT2D eigenvalue weighted by Crippen LogP contribution is 2.41. The first-order chi connectivity index (χ1) is 13.7. The summed E-state index contributed by atoms with van der Waals surface area (Å²) in [6, 6.07) is 11.1. The minimum absolute atomic E-state index is 0.0975. The maximum absolute atomic E-state index is 12.6. The third kappa shape index (κ3) is 7.48. The van der Waals surface area contributed by atoms with E-state index in [0.29, 0.717) is 18.1 Å². The van der Waals surface area contributed by atoms with Crippen LogP contribution in [0.3, 0.4) is 0 Å². The molecule has 1 heterocycles. The van der Waals surface area contributed by atoms with Gasteiger partial charge in [0.1, 0.15) is 6.61 Å². The van der Waals surface area contributed by atoms with Crippen LogP contribution in [0.2, 0.25) is 0 Å². The predicted octanol–water partition coefficient (Wildman–Crippen LogP) is 4.21. The summed E-state index contributed by atoms with van der Waals surface area (Å²) >= 11 is 1.23. The zero-order chi connectivity index (χ0) is 21.4. The fraction of sp³-hybridized carbons (Fsp3) is 0.400. The monoisotopic (exact) mass is 437 g/mol. The van der Waals surface area contributed by atoms with Crippen LogP contribution >= 0.6 is 19.1 Å². The minimum atomic E-state index is -3.12. The van der Waals surface area contributed by atoms with Gasteiger partial charge in [0, 0.05) is 26.0 Å². The molecule has 0 aliphatic heterocycles. The molecule has 1 aromatic heterocycles. The summed E-state index contributed by atoms with van der Waals surface area (Å²) in [6.45, 7) is 6.28. The zero-order valence-corrected chi connectivity index (χ0v) is 18.7.